The fourth-order valence-electron chi connectivity index (χ4n) is 2.38. The normalized spacial score (nSPS) is 16.1. The van der Waals surface area contributed by atoms with Gasteiger partial charge in [-0.25, -0.2) is 18.4 Å². The number of hydrogen-bond donors (Lipinski definition) is 1. The summed E-state index contributed by atoms with van der Waals surface area (Å²) in [5.41, 5.74) is 3.03. The van der Waals surface area contributed by atoms with Gasteiger partial charge in [-0.1, -0.05) is 0 Å². The molecular weight excluding hydrogens is 276 g/mol. The van der Waals surface area contributed by atoms with Gasteiger partial charge in [-0.05, 0) is 12.1 Å². The van der Waals surface area contributed by atoms with E-state index in [2.05, 4.69) is 25.9 Å². The van der Waals surface area contributed by atoms with Gasteiger partial charge in [-0.2, -0.15) is 0 Å². The van der Waals surface area contributed by atoms with E-state index in [1.807, 2.05) is 12.3 Å². The predicted molar refractivity (Wildman–Crippen MR) is 73.8 cm³/mol. The smallest absolute Gasteiger partial charge is 0.246 e. The lowest BCUT2D eigenvalue weighted by Crippen LogP contribution is -2.31. The molecule has 0 radical (unpaired) electrons. The van der Waals surface area contributed by atoms with Gasteiger partial charge in [-0.15, -0.1) is 0 Å². The van der Waals surface area contributed by atoms with Gasteiger partial charge >= 0.3 is 0 Å². The number of H-pyrrole nitrogens is 1. The third-order valence-electron chi connectivity index (χ3n) is 3.38. The predicted octanol–water partition coefficient (Wildman–Crippen LogP) is 0.766. The summed E-state index contributed by atoms with van der Waals surface area (Å²) in [6.45, 7) is 2.46. The maximum absolute atomic E-state index is 11.5. The Labute approximate surface area is 117 Å². The molecule has 2 aromatic rings. The highest BCUT2D eigenvalue weighted by molar-refractivity contribution is 7.90. The summed E-state index contributed by atoms with van der Waals surface area (Å²) in [6.07, 6.45) is 5.44. The molecule has 3 rings (SSSR count). The third kappa shape index (κ3) is 2.73. The first-order valence-electron chi connectivity index (χ1n) is 6.42. The zero-order valence-corrected chi connectivity index (χ0v) is 12.0. The van der Waals surface area contributed by atoms with E-state index < -0.39 is 9.84 Å². The first kappa shape index (κ1) is 13.3. The Morgan fingerprint density at radius 2 is 2.30 bits per heavy atom. The van der Waals surface area contributed by atoms with Crippen molar-refractivity contribution < 1.29 is 8.42 Å². The first-order valence-corrected chi connectivity index (χ1v) is 8.31. The molecular formula is C13H16N4O2S. The Kier molecular flexibility index (Phi) is 3.31. The molecule has 0 unspecified atom stereocenters. The number of hydrogen-bond acceptors (Lipinski definition) is 5. The van der Waals surface area contributed by atoms with E-state index in [0.29, 0.717) is 0 Å². The molecule has 0 aromatic carbocycles. The van der Waals surface area contributed by atoms with Crippen molar-refractivity contribution in [2.75, 3.05) is 12.8 Å². The number of nitrogens with zero attached hydrogens (tertiary/aromatic N) is 3. The summed E-state index contributed by atoms with van der Waals surface area (Å²) in [5, 5.41) is -0.0749. The number of fused-ring (bicyclic) bond motifs is 1. The van der Waals surface area contributed by atoms with Gasteiger partial charge in [0.25, 0.3) is 0 Å². The molecule has 2 aromatic heterocycles. The third-order valence-corrected chi connectivity index (χ3v) is 4.24. The molecule has 1 N–H and O–H groups in total. The summed E-state index contributed by atoms with van der Waals surface area (Å²) in [5.74, 6) is 0. The molecule has 0 spiro atoms. The van der Waals surface area contributed by atoms with Crippen LogP contribution in [0, 0.1) is 0 Å². The van der Waals surface area contributed by atoms with Crippen molar-refractivity contribution in [3.05, 3.63) is 41.5 Å². The largest absolute Gasteiger partial charge is 0.364 e. The summed E-state index contributed by atoms with van der Waals surface area (Å²) < 4.78 is 22.9. The van der Waals surface area contributed by atoms with Crippen molar-refractivity contribution in [3.63, 3.8) is 0 Å². The number of aromatic amines is 1. The SMILES string of the molecule is CS(=O)(=O)c1ncc2c(n1)CCN(Cc1ccc[nH]1)C2. The minimum Gasteiger partial charge on any atom is -0.364 e. The molecule has 20 heavy (non-hydrogen) atoms. The lowest BCUT2D eigenvalue weighted by Gasteiger charge is -2.27. The highest BCUT2D eigenvalue weighted by Gasteiger charge is 2.21. The Morgan fingerprint density at radius 3 is 3.00 bits per heavy atom. The van der Waals surface area contributed by atoms with Crippen LogP contribution in [0.5, 0.6) is 0 Å². The number of sulfone groups is 1. The first-order chi connectivity index (χ1) is 9.52. The van der Waals surface area contributed by atoms with E-state index in [4.69, 9.17) is 0 Å². The van der Waals surface area contributed by atoms with E-state index in [0.717, 1.165) is 43.6 Å². The molecule has 7 heteroatoms. The lowest BCUT2D eigenvalue weighted by atomic mass is 10.1. The van der Waals surface area contributed by atoms with E-state index in [1.165, 1.54) is 5.69 Å². The molecule has 0 fully saturated rings. The molecule has 0 aliphatic carbocycles. The molecule has 0 saturated carbocycles. The van der Waals surface area contributed by atoms with Gasteiger partial charge in [0.2, 0.25) is 15.0 Å². The zero-order valence-electron chi connectivity index (χ0n) is 11.2. The van der Waals surface area contributed by atoms with Gasteiger partial charge in [0, 0.05) is 56.0 Å². The van der Waals surface area contributed by atoms with Crippen LogP contribution >= 0.6 is 0 Å². The van der Waals surface area contributed by atoms with E-state index in [1.54, 1.807) is 6.20 Å². The van der Waals surface area contributed by atoms with Gasteiger partial charge < -0.3 is 4.98 Å². The average Bonchev–Trinajstić information content (AvgIpc) is 2.90. The van der Waals surface area contributed by atoms with E-state index in [9.17, 15) is 8.42 Å². The highest BCUT2D eigenvalue weighted by atomic mass is 32.2. The zero-order chi connectivity index (χ0) is 14.2. The van der Waals surface area contributed by atoms with Gasteiger partial charge in [0.1, 0.15) is 0 Å². The lowest BCUT2D eigenvalue weighted by molar-refractivity contribution is 0.239. The summed E-state index contributed by atoms with van der Waals surface area (Å²) in [6, 6.07) is 4.04. The van der Waals surface area contributed by atoms with Crippen LogP contribution in [0.25, 0.3) is 0 Å². The summed E-state index contributed by atoms with van der Waals surface area (Å²) in [4.78, 5) is 13.6. The Morgan fingerprint density at radius 1 is 1.45 bits per heavy atom. The number of rotatable bonds is 3. The van der Waals surface area contributed by atoms with Crippen molar-refractivity contribution in [1.82, 2.24) is 19.9 Å². The Balaban J connectivity index is 1.79. The average molecular weight is 292 g/mol. The molecule has 1 aliphatic heterocycles. The maximum atomic E-state index is 11.5. The molecule has 0 atom stereocenters. The van der Waals surface area contributed by atoms with Crippen molar-refractivity contribution in [3.8, 4) is 0 Å². The summed E-state index contributed by atoms with van der Waals surface area (Å²) in [7, 11) is -3.33. The topological polar surface area (TPSA) is 79.0 Å². The van der Waals surface area contributed by atoms with Crippen LogP contribution in [0.4, 0.5) is 0 Å². The van der Waals surface area contributed by atoms with Crippen LogP contribution in [0.15, 0.2) is 29.7 Å². The second-order valence-corrected chi connectivity index (χ2v) is 6.96. The van der Waals surface area contributed by atoms with Crippen molar-refractivity contribution in [1.29, 1.82) is 0 Å². The van der Waals surface area contributed by atoms with Crippen molar-refractivity contribution in [2.24, 2.45) is 0 Å². The molecule has 6 nitrogen and oxygen atoms in total. The highest BCUT2D eigenvalue weighted by Crippen LogP contribution is 2.19. The minimum atomic E-state index is -3.33. The van der Waals surface area contributed by atoms with Gasteiger partial charge in [0.15, 0.2) is 0 Å². The Bertz CT molecular complexity index is 710. The molecule has 0 saturated heterocycles. The molecule has 0 amide bonds. The Hall–Kier alpha value is -1.73. The second kappa shape index (κ2) is 4.99. The van der Waals surface area contributed by atoms with Crippen molar-refractivity contribution >= 4 is 9.84 Å². The van der Waals surface area contributed by atoms with Crippen LogP contribution in [0.3, 0.4) is 0 Å². The minimum absolute atomic E-state index is 0.0749. The maximum Gasteiger partial charge on any atom is 0.246 e. The molecule has 3 heterocycles. The van der Waals surface area contributed by atoms with Crippen LogP contribution in [0.1, 0.15) is 17.0 Å². The molecule has 0 bridgehead atoms. The van der Waals surface area contributed by atoms with Gasteiger partial charge in [0.05, 0.1) is 5.69 Å². The molecule has 106 valence electrons. The van der Waals surface area contributed by atoms with Crippen molar-refractivity contribution in [2.45, 2.75) is 24.7 Å². The van der Waals surface area contributed by atoms with E-state index in [-0.39, 0.29) is 5.16 Å². The van der Waals surface area contributed by atoms with Gasteiger partial charge in [-0.3, -0.25) is 4.90 Å². The fourth-order valence-corrected chi connectivity index (χ4v) is 2.90. The second-order valence-electron chi connectivity index (χ2n) is 5.05. The number of nitrogens with one attached hydrogen (secondary N) is 1. The standard InChI is InChI=1S/C13H16N4O2S/c1-20(18,19)13-15-7-10-8-17(6-4-12(10)16-13)9-11-3-2-5-14-11/h2-3,5,7,14H,4,6,8-9H2,1H3. The van der Waals surface area contributed by atoms with Crippen LogP contribution < -0.4 is 0 Å². The van der Waals surface area contributed by atoms with Crippen LogP contribution in [-0.4, -0.2) is 41.1 Å². The quantitative estimate of drug-likeness (QED) is 0.845. The molecule has 1 aliphatic rings. The monoisotopic (exact) mass is 292 g/mol. The van der Waals surface area contributed by atoms with E-state index >= 15 is 0 Å². The van der Waals surface area contributed by atoms with Crippen LogP contribution in [-0.2, 0) is 29.3 Å². The fraction of sp³-hybridized carbons (Fsp3) is 0.385. The van der Waals surface area contributed by atoms with Crippen LogP contribution in [0.2, 0.25) is 0 Å². The summed E-state index contributed by atoms with van der Waals surface area (Å²) >= 11 is 0. The number of aromatic nitrogens is 3.